The highest BCUT2D eigenvalue weighted by Gasteiger charge is 2.35. The summed E-state index contributed by atoms with van der Waals surface area (Å²) in [5.41, 5.74) is 0.443. The van der Waals surface area contributed by atoms with Gasteiger partial charge in [-0.25, -0.2) is 0 Å². The lowest BCUT2D eigenvalue weighted by atomic mass is 10.1. The normalized spacial score (nSPS) is 16.4. The Bertz CT molecular complexity index is 906. The summed E-state index contributed by atoms with van der Waals surface area (Å²) in [5.74, 6) is -0.388. The topological polar surface area (TPSA) is 23.6 Å². The molecule has 0 aromatic heterocycles. The van der Waals surface area contributed by atoms with Crippen LogP contribution in [0.2, 0.25) is 0 Å². The van der Waals surface area contributed by atoms with Gasteiger partial charge in [0.15, 0.2) is 0 Å². The number of halogens is 3. The van der Waals surface area contributed by atoms with Crippen LogP contribution in [0.1, 0.15) is 5.56 Å². The third kappa shape index (κ3) is 2.70. The van der Waals surface area contributed by atoms with E-state index in [2.05, 4.69) is 0 Å². The van der Waals surface area contributed by atoms with E-state index in [0.717, 1.165) is 12.1 Å². The van der Waals surface area contributed by atoms with Gasteiger partial charge < -0.3 is 4.90 Å². The number of alkyl halides is 3. The second-order valence-electron chi connectivity index (χ2n) is 5.47. The number of benzene rings is 2. The second kappa shape index (κ2) is 5.70. The Kier molecular flexibility index (Phi) is 3.61. The first-order valence-corrected chi connectivity index (χ1v) is 8.28. The van der Waals surface area contributed by atoms with Crippen molar-refractivity contribution in [3.05, 3.63) is 76.8 Å². The summed E-state index contributed by atoms with van der Waals surface area (Å²) in [6.07, 6.45) is -1.31. The Hall–Kier alpha value is -2.67. The van der Waals surface area contributed by atoms with Crippen LogP contribution in [0.15, 0.2) is 71.2 Å². The molecule has 2 aromatic rings. The van der Waals surface area contributed by atoms with Crippen LogP contribution in [0, 0.1) is 0 Å². The van der Waals surface area contributed by atoms with Gasteiger partial charge in [-0.2, -0.15) is 13.2 Å². The predicted molar refractivity (Wildman–Crippen MR) is 92.3 cm³/mol. The van der Waals surface area contributed by atoms with Gasteiger partial charge in [0.2, 0.25) is 0 Å². The Morgan fingerprint density at radius 1 is 0.960 bits per heavy atom. The molecule has 7 heteroatoms. The number of rotatable bonds is 1. The summed E-state index contributed by atoms with van der Waals surface area (Å²) in [6.45, 7) is 0. The second-order valence-corrected chi connectivity index (χ2v) is 6.39. The number of fused-ring (bicyclic) bond motifs is 3. The standard InChI is InChI=1S/C18H11F3N2OS/c19-18(20,21)12-6-7-14-15(10-12)23(13-4-2-1-3-5-13)16(24)11-17-22(14)8-9-25-17/h1-11H. The predicted octanol–water partition coefficient (Wildman–Crippen LogP) is 5.25. The summed E-state index contributed by atoms with van der Waals surface area (Å²) in [7, 11) is 0. The molecule has 0 spiro atoms. The van der Waals surface area contributed by atoms with Gasteiger partial charge in [-0.1, -0.05) is 30.0 Å². The lowest BCUT2D eigenvalue weighted by molar-refractivity contribution is -0.137. The van der Waals surface area contributed by atoms with Gasteiger partial charge >= 0.3 is 6.18 Å². The molecule has 2 heterocycles. The van der Waals surface area contributed by atoms with Gasteiger partial charge in [0.25, 0.3) is 5.91 Å². The molecule has 2 aliphatic rings. The number of anilines is 3. The summed E-state index contributed by atoms with van der Waals surface area (Å²) in [4.78, 5) is 15.8. The van der Waals surface area contributed by atoms with Crippen LogP contribution >= 0.6 is 11.8 Å². The highest BCUT2D eigenvalue weighted by atomic mass is 32.2. The van der Waals surface area contributed by atoms with Gasteiger partial charge in [0.1, 0.15) is 0 Å². The van der Waals surface area contributed by atoms with Crippen LogP contribution in [0.4, 0.5) is 30.2 Å². The molecule has 0 N–H and O–H groups in total. The van der Waals surface area contributed by atoms with Crippen LogP contribution in [-0.2, 0) is 11.0 Å². The van der Waals surface area contributed by atoms with Gasteiger partial charge in [0.05, 0.1) is 22.0 Å². The molecule has 0 atom stereocenters. The molecule has 126 valence electrons. The number of para-hydroxylation sites is 1. The van der Waals surface area contributed by atoms with Gasteiger partial charge in [-0.15, -0.1) is 0 Å². The fourth-order valence-electron chi connectivity index (χ4n) is 2.81. The highest BCUT2D eigenvalue weighted by Crippen LogP contribution is 2.46. The van der Waals surface area contributed by atoms with Gasteiger partial charge in [0, 0.05) is 18.0 Å². The largest absolute Gasteiger partial charge is 0.416 e. The number of carbonyl (C=O) groups is 1. The average molecular weight is 360 g/mol. The number of carbonyl (C=O) groups excluding carboxylic acids is 1. The molecule has 25 heavy (non-hydrogen) atoms. The maximum atomic E-state index is 13.2. The Morgan fingerprint density at radius 3 is 2.44 bits per heavy atom. The first-order chi connectivity index (χ1) is 11.9. The molecule has 4 rings (SSSR count). The summed E-state index contributed by atoms with van der Waals surface area (Å²) >= 11 is 1.35. The van der Waals surface area contributed by atoms with Gasteiger partial charge in [-0.05, 0) is 35.7 Å². The van der Waals surface area contributed by atoms with Gasteiger partial charge in [-0.3, -0.25) is 9.69 Å². The molecule has 0 bridgehead atoms. The maximum absolute atomic E-state index is 13.2. The molecule has 0 fully saturated rings. The van der Waals surface area contributed by atoms with E-state index >= 15 is 0 Å². The summed E-state index contributed by atoms with van der Waals surface area (Å²) in [5, 5.41) is 2.45. The molecule has 0 saturated heterocycles. The van der Waals surface area contributed by atoms with Crippen molar-refractivity contribution in [3.8, 4) is 0 Å². The molecular formula is C18H11F3N2OS. The average Bonchev–Trinajstić information content (AvgIpc) is 2.99. The number of amides is 1. The van der Waals surface area contributed by atoms with Crippen LogP contribution in [0.25, 0.3) is 0 Å². The SMILES string of the molecule is O=C1C=C2SC=CN2c2ccc(C(F)(F)F)cc2N1c1ccccc1. The lowest BCUT2D eigenvalue weighted by Gasteiger charge is -2.25. The number of nitrogens with zero attached hydrogens (tertiary/aromatic N) is 2. The van der Waals surface area contributed by atoms with E-state index in [1.165, 1.54) is 28.8 Å². The monoisotopic (exact) mass is 360 g/mol. The molecule has 2 aromatic carbocycles. The zero-order valence-electron chi connectivity index (χ0n) is 12.7. The minimum absolute atomic E-state index is 0.199. The van der Waals surface area contributed by atoms with E-state index < -0.39 is 11.7 Å². The maximum Gasteiger partial charge on any atom is 0.416 e. The first-order valence-electron chi connectivity index (χ1n) is 7.40. The van der Waals surface area contributed by atoms with Crippen LogP contribution in [0.5, 0.6) is 0 Å². The minimum Gasteiger partial charge on any atom is -0.309 e. The van der Waals surface area contributed by atoms with Crippen molar-refractivity contribution in [2.24, 2.45) is 0 Å². The Morgan fingerprint density at radius 2 is 1.72 bits per heavy atom. The van der Waals surface area contributed by atoms with Crippen LogP contribution in [0.3, 0.4) is 0 Å². The fourth-order valence-corrected chi connectivity index (χ4v) is 3.57. The Balaban J connectivity index is 1.97. The smallest absolute Gasteiger partial charge is 0.309 e. The van der Waals surface area contributed by atoms with E-state index in [-0.39, 0.29) is 11.6 Å². The van der Waals surface area contributed by atoms with Crippen molar-refractivity contribution in [1.82, 2.24) is 0 Å². The zero-order valence-corrected chi connectivity index (χ0v) is 13.5. The molecule has 0 unspecified atom stereocenters. The molecule has 0 saturated carbocycles. The minimum atomic E-state index is -4.49. The van der Waals surface area contributed by atoms with Crippen molar-refractivity contribution in [3.63, 3.8) is 0 Å². The zero-order chi connectivity index (χ0) is 17.6. The van der Waals surface area contributed by atoms with E-state index in [9.17, 15) is 18.0 Å². The van der Waals surface area contributed by atoms with E-state index in [1.54, 1.807) is 46.8 Å². The van der Waals surface area contributed by atoms with Crippen molar-refractivity contribution < 1.29 is 18.0 Å². The molecule has 0 radical (unpaired) electrons. The van der Waals surface area contributed by atoms with Crippen LogP contribution in [-0.4, -0.2) is 5.91 Å². The van der Waals surface area contributed by atoms with Crippen molar-refractivity contribution in [2.75, 3.05) is 9.80 Å². The highest BCUT2D eigenvalue weighted by molar-refractivity contribution is 8.06. The molecular weight excluding hydrogens is 349 g/mol. The third-order valence-corrected chi connectivity index (χ3v) is 4.73. The fraction of sp³-hybridized carbons (Fsp3) is 0.0556. The number of thioether (sulfide) groups is 1. The Labute approximate surface area is 146 Å². The van der Waals surface area contributed by atoms with Crippen LogP contribution < -0.4 is 9.80 Å². The molecule has 3 nitrogen and oxygen atoms in total. The number of hydrogen-bond donors (Lipinski definition) is 0. The number of hydrogen-bond acceptors (Lipinski definition) is 3. The van der Waals surface area contributed by atoms with E-state index in [0.29, 0.717) is 16.4 Å². The van der Waals surface area contributed by atoms with Crippen molar-refractivity contribution in [1.29, 1.82) is 0 Å². The summed E-state index contributed by atoms with van der Waals surface area (Å²) < 4.78 is 39.6. The molecule has 1 amide bonds. The summed E-state index contributed by atoms with van der Waals surface area (Å²) in [6, 6.07) is 12.1. The molecule has 0 aliphatic carbocycles. The lowest BCUT2D eigenvalue weighted by Crippen LogP contribution is -2.24. The quantitative estimate of drug-likeness (QED) is 0.694. The van der Waals surface area contributed by atoms with E-state index in [1.807, 2.05) is 0 Å². The molecule has 2 aliphatic heterocycles. The van der Waals surface area contributed by atoms with Crippen molar-refractivity contribution >= 4 is 34.7 Å². The first kappa shape index (κ1) is 15.8. The third-order valence-electron chi connectivity index (χ3n) is 3.92. The van der Waals surface area contributed by atoms with Crippen molar-refractivity contribution in [2.45, 2.75) is 6.18 Å². The van der Waals surface area contributed by atoms with E-state index in [4.69, 9.17) is 0 Å².